The lowest BCUT2D eigenvalue weighted by molar-refractivity contribution is 0.0595. The minimum atomic E-state index is -1.81. The van der Waals surface area contributed by atoms with Gasteiger partial charge in [0.05, 0.1) is 0 Å². The fourth-order valence-electron chi connectivity index (χ4n) is 1.16. The fraction of sp³-hybridized carbons (Fsp3) is 0.250. The summed E-state index contributed by atoms with van der Waals surface area (Å²) in [5.41, 5.74) is 0.830. The van der Waals surface area contributed by atoms with Crippen LogP contribution in [-0.2, 0) is 0 Å². The number of benzene rings is 1. The number of fused-ring (bicyclic) bond motifs is 1. The Kier molecular flexibility index (Phi) is 1.92. The molecule has 0 saturated heterocycles. The molecular formula is C8H5Br2FO. The molecule has 0 spiro atoms. The third-order valence-electron chi connectivity index (χ3n) is 1.73. The molecular weight excluding hydrogens is 291 g/mol. The van der Waals surface area contributed by atoms with Crippen molar-refractivity contribution in [1.82, 2.24) is 0 Å². The van der Waals surface area contributed by atoms with Crippen molar-refractivity contribution in [2.24, 2.45) is 0 Å². The molecule has 0 saturated carbocycles. The number of alkyl halides is 3. The van der Waals surface area contributed by atoms with E-state index in [4.69, 9.17) is 4.74 Å². The Balaban J connectivity index is 2.49. The van der Waals surface area contributed by atoms with Crippen LogP contribution in [0, 0.1) is 0 Å². The predicted octanol–water partition coefficient (Wildman–Crippen LogP) is 3.53. The minimum Gasteiger partial charge on any atom is -0.447 e. The molecule has 0 amide bonds. The van der Waals surface area contributed by atoms with Gasteiger partial charge in [0.25, 0.3) is 0 Å². The lowest BCUT2D eigenvalue weighted by Crippen LogP contribution is -2.20. The van der Waals surface area contributed by atoms with Gasteiger partial charge < -0.3 is 4.74 Å². The van der Waals surface area contributed by atoms with Crippen molar-refractivity contribution in [1.29, 1.82) is 0 Å². The second kappa shape index (κ2) is 2.70. The Hall–Kier alpha value is -0.0900. The van der Waals surface area contributed by atoms with Crippen LogP contribution in [0.15, 0.2) is 24.3 Å². The van der Waals surface area contributed by atoms with E-state index in [1.54, 1.807) is 6.07 Å². The molecule has 1 aromatic carbocycles. The second-order valence-electron chi connectivity index (χ2n) is 2.56. The van der Waals surface area contributed by atoms with Crippen LogP contribution >= 0.6 is 31.9 Å². The standard InChI is InChI=1S/C8H5Br2FO/c9-7-5-3-1-2-4-6(5)12-8(7,10)11/h1-4,7H. The van der Waals surface area contributed by atoms with Crippen molar-refractivity contribution < 1.29 is 9.13 Å². The molecule has 4 heteroatoms. The van der Waals surface area contributed by atoms with Gasteiger partial charge in [-0.05, 0) is 6.07 Å². The zero-order chi connectivity index (χ0) is 8.77. The summed E-state index contributed by atoms with van der Waals surface area (Å²) < 4.78 is 16.6. The molecule has 1 aliphatic rings. The number of hydrogen-bond donors (Lipinski definition) is 0. The highest BCUT2D eigenvalue weighted by Gasteiger charge is 2.45. The van der Waals surface area contributed by atoms with Gasteiger partial charge in [0.15, 0.2) is 0 Å². The molecule has 0 fully saturated rings. The van der Waals surface area contributed by atoms with Crippen molar-refractivity contribution in [3.63, 3.8) is 0 Å². The van der Waals surface area contributed by atoms with E-state index in [0.717, 1.165) is 5.56 Å². The van der Waals surface area contributed by atoms with Crippen LogP contribution in [0.25, 0.3) is 0 Å². The summed E-state index contributed by atoms with van der Waals surface area (Å²) in [7, 11) is 0. The van der Waals surface area contributed by atoms with E-state index in [-0.39, 0.29) is 0 Å². The summed E-state index contributed by atoms with van der Waals surface area (Å²) in [5.74, 6) is 0.582. The van der Waals surface area contributed by atoms with E-state index < -0.39 is 9.59 Å². The van der Waals surface area contributed by atoms with E-state index in [1.165, 1.54) is 0 Å². The molecule has 64 valence electrons. The summed E-state index contributed by atoms with van der Waals surface area (Å²) in [6.45, 7) is 0. The SMILES string of the molecule is FC1(Br)Oc2ccccc2C1Br. The summed E-state index contributed by atoms with van der Waals surface area (Å²) in [4.78, 5) is -0.443. The average Bonchev–Trinajstić information content (AvgIpc) is 2.24. The highest BCUT2D eigenvalue weighted by atomic mass is 79.9. The first-order chi connectivity index (χ1) is 5.61. The van der Waals surface area contributed by atoms with E-state index >= 15 is 0 Å². The topological polar surface area (TPSA) is 9.23 Å². The van der Waals surface area contributed by atoms with E-state index in [1.807, 2.05) is 18.2 Å². The van der Waals surface area contributed by atoms with Crippen molar-refractivity contribution >= 4 is 31.9 Å². The Labute approximate surface area is 86.2 Å². The summed E-state index contributed by atoms with van der Waals surface area (Å²) in [6.07, 6.45) is 0. The second-order valence-corrected chi connectivity index (χ2v) is 4.56. The number of hydrogen-bond acceptors (Lipinski definition) is 1. The number of halogens is 3. The van der Waals surface area contributed by atoms with Crippen molar-refractivity contribution in [2.75, 3.05) is 0 Å². The molecule has 0 aromatic heterocycles. The molecule has 0 radical (unpaired) electrons. The van der Waals surface area contributed by atoms with Gasteiger partial charge in [-0.25, -0.2) is 0 Å². The first-order valence-electron chi connectivity index (χ1n) is 3.41. The number of ether oxygens (including phenoxy) is 1. The molecule has 12 heavy (non-hydrogen) atoms. The van der Waals surface area contributed by atoms with Crippen LogP contribution in [0.3, 0.4) is 0 Å². The molecule has 0 aliphatic carbocycles. The van der Waals surface area contributed by atoms with Crippen molar-refractivity contribution in [2.45, 2.75) is 9.59 Å². The van der Waals surface area contributed by atoms with Crippen LogP contribution in [0.2, 0.25) is 0 Å². The summed E-state index contributed by atoms with van der Waals surface area (Å²) in [6, 6.07) is 7.24. The third-order valence-corrected chi connectivity index (χ3v) is 4.05. The predicted molar refractivity (Wildman–Crippen MR) is 51.5 cm³/mol. The minimum absolute atomic E-state index is 0.443. The molecule has 1 aliphatic heterocycles. The maximum Gasteiger partial charge on any atom is 0.321 e. The maximum absolute atomic E-state index is 13.4. The van der Waals surface area contributed by atoms with E-state index in [0.29, 0.717) is 5.75 Å². The fourth-order valence-corrected chi connectivity index (χ4v) is 2.05. The van der Waals surface area contributed by atoms with Gasteiger partial charge in [0.2, 0.25) is 0 Å². The molecule has 1 nitrogen and oxygen atoms in total. The van der Waals surface area contributed by atoms with Crippen LogP contribution < -0.4 is 4.74 Å². The van der Waals surface area contributed by atoms with Gasteiger partial charge >= 0.3 is 4.76 Å². The van der Waals surface area contributed by atoms with E-state index in [2.05, 4.69) is 31.9 Å². The van der Waals surface area contributed by atoms with Gasteiger partial charge in [0.1, 0.15) is 10.6 Å². The molecule has 1 heterocycles. The lowest BCUT2D eigenvalue weighted by Gasteiger charge is -2.13. The van der Waals surface area contributed by atoms with Crippen LogP contribution in [0.5, 0.6) is 5.75 Å². The molecule has 1 aromatic rings. The highest BCUT2D eigenvalue weighted by Crippen LogP contribution is 2.52. The van der Waals surface area contributed by atoms with Gasteiger partial charge in [-0.15, -0.1) is 0 Å². The van der Waals surface area contributed by atoms with Crippen molar-refractivity contribution in [3.8, 4) is 5.75 Å². The van der Waals surface area contributed by atoms with Crippen molar-refractivity contribution in [3.05, 3.63) is 29.8 Å². The number of para-hydroxylation sites is 1. The molecule has 2 unspecified atom stereocenters. The first-order valence-corrected chi connectivity index (χ1v) is 5.12. The molecule has 0 bridgehead atoms. The van der Waals surface area contributed by atoms with Gasteiger partial charge in [0, 0.05) is 21.5 Å². The number of rotatable bonds is 0. The van der Waals surface area contributed by atoms with Gasteiger partial charge in [-0.2, -0.15) is 4.39 Å². The Morgan fingerprint density at radius 3 is 2.75 bits per heavy atom. The normalized spacial score (nSPS) is 32.8. The summed E-state index contributed by atoms with van der Waals surface area (Å²) >= 11 is 6.06. The highest BCUT2D eigenvalue weighted by molar-refractivity contribution is 9.12. The Bertz CT molecular complexity index is 314. The van der Waals surface area contributed by atoms with Gasteiger partial charge in [-0.3, -0.25) is 0 Å². The largest absolute Gasteiger partial charge is 0.447 e. The van der Waals surface area contributed by atoms with Crippen LogP contribution in [0.1, 0.15) is 10.4 Å². The quantitative estimate of drug-likeness (QED) is 0.665. The van der Waals surface area contributed by atoms with Gasteiger partial charge in [-0.1, -0.05) is 34.1 Å². The average molecular weight is 296 g/mol. The zero-order valence-corrected chi connectivity index (χ0v) is 9.10. The lowest BCUT2D eigenvalue weighted by atomic mass is 10.2. The molecule has 2 rings (SSSR count). The van der Waals surface area contributed by atoms with E-state index in [9.17, 15) is 4.39 Å². The molecule has 2 atom stereocenters. The summed E-state index contributed by atoms with van der Waals surface area (Å²) in [5, 5.41) is 0. The Morgan fingerprint density at radius 1 is 1.42 bits per heavy atom. The third kappa shape index (κ3) is 1.17. The smallest absolute Gasteiger partial charge is 0.321 e. The van der Waals surface area contributed by atoms with Crippen LogP contribution in [-0.4, -0.2) is 4.76 Å². The monoisotopic (exact) mass is 294 g/mol. The molecule has 0 N–H and O–H groups in total. The zero-order valence-electron chi connectivity index (χ0n) is 5.93. The maximum atomic E-state index is 13.4. The first kappa shape index (κ1) is 8.51. The van der Waals surface area contributed by atoms with Crippen LogP contribution in [0.4, 0.5) is 4.39 Å². The Morgan fingerprint density at radius 2 is 2.08 bits per heavy atom.